The summed E-state index contributed by atoms with van der Waals surface area (Å²) in [5.74, 6) is 1.32. The molecular weight excluding hydrogens is 212 g/mol. The largest absolute Gasteiger partial charge is 0.496 e. The van der Waals surface area contributed by atoms with Crippen LogP contribution in [0, 0.1) is 24.2 Å². The molecule has 1 aromatic rings. The quantitative estimate of drug-likeness (QED) is 0.866. The van der Waals surface area contributed by atoms with E-state index in [4.69, 9.17) is 4.74 Å². The van der Waals surface area contributed by atoms with E-state index in [1.165, 1.54) is 0 Å². The van der Waals surface area contributed by atoms with Crippen LogP contribution in [0.1, 0.15) is 23.5 Å². The molecule has 1 heterocycles. The molecule has 0 aliphatic carbocycles. The van der Waals surface area contributed by atoms with Crippen LogP contribution >= 0.6 is 0 Å². The standard InChI is InChI=1S/C14H18N2O/c1-10-7-11(3-4-14(10)17-2)13(8-15)12-5-6-16-9-12/h3-4,7,12-13,16H,5-6,9H2,1-2H3. The number of ether oxygens (including phenoxy) is 1. The number of aryl methyl sites for hydroxylation is 1. The van der Waals surface area contributed by atoms with Crippen molar-refractivity contribution >= 4 is 0 Å². The summed E-state index contributed by atoms with van der Waals surface area (Å²) < 4.78 is 5.24. The van der Waals surface area contributed by atoms with Crippen molar-refractivity contribution in [3.63, 3.8) is 0 Å². The molecule has 3 heteroatoms. The first-order valence-corrected chi connectivity index (χ1v) is 6.01. The predicted octanol–water partition coefficient (Wildman–Crippen LogP) is 2.22. The monoisotopic (exact) mass is 230 g/mol. The second-order valence-corrected chi connectivity index (χ2v) is 4.59. The normalized spacial score (nSPS) is 20.9. The van der Waals surface area contributed by atoms with E-state index in [9.17, 15) is 5.26 Å². The van der Waals surface area contributed by atoms with E-state index in [1.54, 1.807) is 7.11 Å². The fraction of sp³-hybridized carbons (Fsp3) is 0.500. The van der Waals surface area contributed by atoms with Crippen LogP contribution in [0.3, 0.4) is 0 Å². The van der Waals surface area contributed by atoms with Crippen molar-refractivity contribution in [3.8, 4) is 11.8 Å². The molecule has 0 amide bonds. The van der Waals surface area contributed by atoms with E-state index >= 15 is 0 Å². The zero-order valence-electron chi connectivity index (χ0n) is 10.4. The van der Waals surface area contributed by atoms with Gasteiger partial charge in [0.25, 0.3) is 0 Å². The van der Waals surface area contributed by atoms with Crippen LogP contribution in [0.5, 0.6) is 5.75 Å². The maximum Gasteiger partial charge on any atom is 0.121 e. The first-order chi connectivity index (χ1) is 8.26. The number of nitriles is 1. The molecule has 1 fully saturated rings. The van der Waals surface area contributed by atoms with Gasteiger partial charge < -0.3 is 10.1 Å². The molecule has 2 rings (SSSR count). The van der Waals surface area contributed by atoms with E-state index in [-0.39, 0.29) is 5.92 Å². The van der Waals surface area contributed by atoms with Gasteiger partial charge in [-0.2, -0.15) is 5.26 Å². The van der Waals surface area contributed by atoms with Crippen molar-refractivity contribution < 1.29 is 4.74 Å². The molecular formula is C14H18N2O. The molecule has 0 radical (unpaired) electrons. The highest BCUT2D eigenvalue weighted by atomic mass is 16.5. The Balaban J connectivity index is 2.25. The van der Waals surface area contributed by atoms with Gasteiger partial charge in [-0.05, 0) is 49.5 Å². The SMILES string of the molecule is COc1ccc(C(C#N)C2CCNC2)cc1C. The molecule has 2 unspecified atom stereocenters. The number of hydrogen-bond donors (Lipinski definition) is 1. The number of rotatable bonds is 3. The Morgan fingerprint density at radius 3 is 2.88 bits per heavy atom. The summed E-state index contributed by atoms with van der Waals surface area (Å²) in [6, 6.07) is 8.49. The summed E-state index contributed by atoms with van der Waals surface area (Å²) in [7, 11) is 1.67. The van der Waals surface area contributed by atoms with Crippen LogP contribution in [0.25, 0.3) is 0 Å². The van der Waals surface area contributed by atoms with Crippen molar-refractivity contribution in [3.05, 3.63) is 29.3 Å². The van der Waals surface area contributed by atoms with Gasteiger partial charge in [0, 0.05) is 0 Å². The topological polar surface area (TPSA) is 45.0 Å². The maximum atomic E-state index is 9.35. The summed E-state index contributed by atoms with van der Waals surface area (Å²) in [5, 5.41) is 12.7. The Morgan fingerprint density at radius 2 is 2.35 bits per heavy atom. The van der Waals surface area contributed by atoms with Gasteiger partial charge in [0.15, 0.2) is 0 Å². The van der Waals surface area contributed by atoms with Crippen LogP contribution < -0.4 is 10.1 Å². The van der Waals surface area contributed by atoms with Crippen molar-refractivity contribution in [1.82, 2.24) is 5.32 Å². The van der Waals surface area contributed by atoms with Crippen molar-refractivity contribution in [1.29, 1.82) is 5.26 Å². The third kappa shape index (κ3) is 2.42. The number of nitrogens with one attached hydrogen (secondary N) is 1. The third-order valence-corrected chi connectivity index (χ3v) is 3.49. The second-order valence-electron chi connectivity index (χ2n) is 4.59. The van der Waals surface area contributed by atoms with Gasteiger partial charge in [-0.1, -0.05) is 12.1 Å². The molecule has 0 aromatic heterocycles. The number of methoxy groups -OCH3 is 1. The molecule has 17 heavy (non-hydrogen) atoms. The highest BCUT2D eigenvalue weighted by Crippen LogP contribution is 2.31. The van der Waals surface area contributed by atoms with E-state index in [2.05, 4.69) is 17.5 Å². The minimum Gasteiger partial charge on any atom is -0.496 e. The lowest BCUT2D eigenvalue weighted by atomic mass is 9.86. The Bertz CT molecular complexity index is 430. The van der Waals surface area contributed by atoms with Crippen molar-refractivity contribution in [2.75, 3.05) is 20.2 Å². The van der Waals surface area contributed by atoms with E-state index in [1.807, 2.05) is 19.1 Å². The molecule has 1 N–H and O–H groups in total. The van der Waals surface area contributed by atoms with Crippen LogP contribution in [0.2, 0.25) is 0 Å². The second kappa shape index (κ2) is 5.20. The fourth-order valence-corrected chi connectivity index (χ4v) is 2.51. The minimum absolute atomic E-state index is 0.00499. The van der Waals surface area contributed by atoms with Crippen LogP contribution in [0.4, 0.5) is 0 Å². The molecule has 1 aromatic carbocycles. The van der Waals surface area contributed by atoms with Gasteiger partial charge in [-0.25, -0.2) is 0 Å². The first kappa shape index (κ1) is 11.9. The maximum absolute atomic E-state index is 9.35. The molecule has 2 atom stereocenters. The number of benzene rings is 1. The highest BCUT2D eigenvalue weighted by molar-refractivity contribution is 5.39. The molecule has 3 nitrogen and oxygen atoms in total. The molecule has 1 aliphatic rings. The fourth-order valence-electron chi connectivity index (χ4n) is 2.51. The third-order valence-electron chi connectivity index (χ3n) is 3.49. The van der Waals surface area contributed by atoms with Gasteiger partial charge in [-0.3, -0.25) is 0 Å². The Hall–Kier alpha value is -1.53. The molecule has 0 bridgehead atoms. The highest BCUT2D eigenvalue weighted by Gasteiger charge is 2.26. The molecule has 0 saturated carbocycles. The zero-order valence-corrected chi connectivity index (χ0v) is 10.4. The Morgan fingerprint density at radius 1 is 1.53 bits per heavy atom. The predicted molar refractivity (Wildman–Crippen MR) is 67.1 cm³/mol. The van der Waals surface area contributed by atoms with Crippen molar-refractivity contribution in [2.24, 2.45) is 5.92 Å². The summed E-state index contributed by atoms with van der Waals surface area (Å²) in [6.45, 7) is 3.99. The van der Waals surface area contributed by atoms with E-state index in [0.29, 0.717) is 5.92 Å². The summed E-state index contributed by atoms with van der Waals surface area (Å²) in [4.78, 5) is 0. The smallest absolute Gasteiger partial charge is 0.121 e. The summed E-state index contributed by atoms with van der Waals surface area (Å²) in [5.41, 5.74) is 2.20. The lowest BCUT2D eigenvalue weighted by Crippen LogP contribution is -2.15. The number of hydrogen-bond acceptors (Lipinski definition) is 3. The van der Waals surface area contributed by atoms with Crippen LogP contribution in [0.15, 0.2) is 18.2 Å². The zero-order chi connectivity index (χ0) is 12.3. The molecule has 1 aliphatic heterocycles. The Kier molecular flexibility index (Phi) is 3.65. The summed E-state index contributed by atoms with van der Waals surface area (Å²) in [6.07, 6.45) is 1.09. The van der Waals surface area contributed by atoms with E-state index in [0.717, 1.165) is 36.4 Å². The van der Waals surface area contributed by atoms with E-state index < -0.39 is 0 Å². The Labute approximate surface area is 102 Å². The summed E-state index contributed by atoms with van der Waals surface area (Å²) >= 11 is 0. The molecule has 90 valence electrons. The average Bonchev–Trinajstić information content (AvgIpc) is 2.84. The van der Waals surface area contributed by atoms with Gasteiger partial charge in [0.2, 0.25) is 0 Å². The van der Waals surface area contributed by atoms with Gasteiger partial charge in [-0.15, -0.1) is 0 Å². The molecule has 0 spiro atoms. The van der Waals surface area contributed by atoms with Crippen LogP contribution in [-0.2, 0) is 0 Å². The van der Waals surface area contributed by atoms with Gasteiger partial charge in [0.1, 0.15) is 5.75 Å². The van der Waals surface area contributed by atoms with Crippen molar-refractivity contribution in [2.45, 2.75) is 19.3 Å². The first-order valence-electron chi connectivity index (χ1n) is 6.01. The lowest BCUT2D eigenvalue weighted by molar-refractivity contribution is 0.411. The number of nitrogens with zero attached hydrogens (tertiary/aromatic N) is 1. The minimum atomic E-state index is -0.00499. The average molecular weight is 230 g/mol. The van der Waals surface area contributed by atoms with Crippen LogP contribution in [-0.4, -0.2) is 20.2 Å². The van der Waals surface area contributed by atoms with Gasteiger partial charge in [0.05, 0.1) is 19.1 Å². The molecule has 1 saturated heterocycles. The lowest BCUT2D eigenvalue weighted by Gasteiger charge is -2.17. The van der Waals surface area contributed by atoms with Gasteiger partial charge >= 0.3 is 0 Å².